The second-order valence-electron chi connectivity index (χ2n) is 3.58. The number of likely N-dealkylation sites (tertiary alicyclic amines) is 1. The van der Waals surface area contributed by atoms with Crippen LogP contribution in [0.5, 0.6) is 0 Å². The molecule has 2 aliphatic rings. The largest absolute Gasteiger partial charge is 0.337 e. The summed E-state index contributed by atoms with van der Waals surface area (Å²) in [6, 6.07) is 0. The van der Waals surface area contributed by atoms with Crippen LogP contribution < -0.4 is 0 Å². The normalized spacial score (nSPS) is 23.0. The minimum atomic E-state index is 0.207. The number of hydrogen-bond donors (Lipinski definition) is 0. The van der Waals surface area contributed by atoms with Crippen LogP contribution in [0.4, 0.5) is 0 Å². The molecule has 1 heterocycles. The van der Waals surface area contributed by atoms with Crippen molar-refractivity contribution in [2.24, 2.45) is 0 Å². The highest BCUT2D eigenvalue weighted by Crippen LogP contribution is 2.31. The standard InChI is InChI=1S/C10H13NO/c1-7-4-3-5-8-6-11(2)10(12)9(7)8/h5H,3-4,6H2,1-2H3. The van der Waals surface area contributed by atoms with Crippen molar-refractivity contribution in [3.8, 4) is 0 Å². The Hall–Kier alpha value is -1.05. The van der Waals surface area contributed by atoms with Gasteiger partial charge in [0.05, 0.1) is 0 Å². The molecule has 1 aliphatic heterocycles. The summed E-state index contributed by atoms with van der Waals surface area (Å²) >= 11 is 0. The second kappa shape index (κ2) is 2.47. The molecular formula is C10H13NO. The first-order chi connectivity index (χ1) is 5.70. The summed E-state index contributed by atoms with van der Waals surface area (Å²) < 4.78 is 0. The first-order valence-corrected chi connectivity index (χ1v) is 4.35. The lowest BCUT2D eigenvalue weighted by atomic mass is 9.94. The van der Waals surface area contributed by atoms with Crippen LogP contribution in [0.15, 0.2) is 22.8 Å². The van der Waals surface area contributed by atoms with E-state index in [1.165, 1.54) is 11.1 Å². The van der Waals surface area contributed by atoms with E-state index >= 15 is 0 Å². The molecule has 0 saturated carbocycles. The van der Waals surface area contributed by atoms with E-state index in [4.69, 9.17) is 0 Å². The van der Waals surface area contributed by atoms with Gasteiger partial charge in [0.25, 0.3) is 5.91 Å². The average molecular weight is 163 g/mol. The molecule has 0 atom stereocenters. The van der Waals surface area contributed by atoms with Crippen molar-refractivity contribution in [2.45, 2.75) is 19.8 Å². The van der Waals surface area contributed by atoms with E-state index < -0.39 is 0 Å². The molecule has 0 aromatic rings. The lowest BCUT2D eigenvalue weighted by Gasteiger charge is -2.09. The number of fused-ring (bicyclic) bond motifs is 1. The summed E-state index contributed by atoms with van der Waals surface area (Å²) in [6.45, 7) is 2.88. The molecule has 1 fully saturated rings. The zero-order chi connectivity index (χ0) is 8.72. The Morgan fingerprint density at radius 1 is 1.50 bits per heavy atom. The van der Waals surface area contributed by atoms with Crippen LogP contribution in [0.3, 0.4) is 0 Å². The van der Waals surface area contributed by atoms with E-state index in [0.717, 1.165) is 25.0 Å². The number of rotatable bonds is 0. The number of hydrogen-bond acceptors (Lipinski definition) is 1. The minimum absolute atomic E-state index is 0.207. The van der Waals surface area contributed by atoms with Gasteiger partial charge in [0, 0.05) is 19.2 Å². The average Bonchev–Trinajstić information content (AvgIpc) is 2.29. The lowest BCUT2D eigenvalue weighted by Crippen LogP contribution is -2.19. The molecule has 1 saturated heterocycles. The number of amides is 1. The van der Waals surface area contributed by atoms with Gasteiger partial charge in [0.15, 0.2) is 0 Å². The van der Waals surface area contributed by atoms with Gasteiger partial charge < -0.3 is 4.90 Å². The molecule has 0 radical (unpaired) electrons. The van der Waals surface area contributed by atoms with Gasteiger partial charge in [-0.15, -0.1) is 0 Å². The van der Waals surface area contributed by atoms with Gasteiger partial charge in [-0.25, -0.2) is 0 Å². The third-order valence-corrected chi connectivity index (χ3v) is 2.63. The van der Waals surface area contributed by atoms with Gasteiger partial charge in [-0.2, -0.15) is 0 Å². The Morgan fingerprint density at radius 3 is 2.92 bits per heavy atom. The third-order valence-electron chi connectivity index (χ3n) is 2.63. The van der Waals surface area contributed by atoms with Gasteiger partial charge in [-0.1, -0.05) is 11.6 Å². The van der Waals surface area contributed by atoms with E-state index in [1.807, 2.05) is 7.05 Å². The van der Waals surface area contributed by atoms with Crippen LogP contribution in [-0.2, 0) is 4.79 Å². The summed E-state index contributed by atoms with van der Waals surface area (Å²) in [5.74, 6) is 0.207. The van der Waals surface area contributed by atoms with Gasteiger partial charge in [-0.05, 0) is 25.3 Å². The van der Waals surface area contributed by atoms with Crippen LogP contribution in [0.25, 0.3) is 0 Å². The SMILES string of the molecule is CC1=C2C(=O)N(C)CC2=CCC1. The van der Waals surface area contributed by atoms with Crippen molar-refractivity contribution < 1.29 is 4.79 Å². The van der Waals surface area contributed by atoms with Crippen molar-refractivity contribution in [1.29, 1.82) is 0 Å². The van der Waals surface area contributed by atoms with E-state index in [-0.39, 0.29) is 5.91 Å². The predicted octanol–water partition coefficient (Wildman–Crippen LogP) is 1.50. The highest BCUT2D eigenvalue weighted by molar-refractivity contribution is 6.02. The molecule has 64 valence electrons. The number of carbonyl (C=O) groups is 1. The quantitative estimate of drug-likeness (QED) is 0.530. The van der Waals surface area contributed by atoms with Crippen molar-refractivity contribution in [2.75, 3.05) is 13.6 Å². The number of carbonyl (C=O) groups excluding carboxylic acids is 1. The van der Waals surface area contributed by atoms with Gasteiger partial charge >= 0.3 is 0 Å². The Morgan fingerprint density at radius 2 is 2.25 bits per heavy atom. The highest BCUT2D eigenvalue weighted by Gasteiger charge is 2.30. The molecule has 0 N–H and O–H groups in total. The number of likely N-dealkylation sites (N-methyl/N-ethyl adjacent to an activating group) is 1. The molecule has 2 rings (SSSR count). The van der Waals surface area contributed by atoms with E-state index in [9.17, 15) is 4.79 Å². The number of nitrogens with zero attached hydrogens (tertiary/aromatic N) is 1. The topological polar surface area (TPSA) is 20.3 Å². The van der Waals surface area contributed by atoms with E-state index in [0.29, 0.717) is 0 Å². The summed E-state index contributed by atoms with van der Waals surface area (Å²) in [7, 11) is 1.86. The first-order valence-electron chi connectivity index (χ1n) is 4.35. The summed E-state index contributed by atoms with van der Waals surface area (Å²) in [5.41, 5.74) is 3.50. The molecule has 0 aromatic carbocycles. The zero-order valence-electron chi connectivity index (χ0n) is 7.55. The maximum atomic E-state index is 11.6. The second-order valence-corrected chi connectivity index (χ2v) is 3.58. The summed E-state index contributed by atoms with van der Waals surface area (Å²) in [5, 5.41) is 0. The third kappa shape index (κ3) is 0.909. The van der Waals surface area contributed by atoms with Crippen LogP contribution in [0.1, 0.15) is 19.8 Å². The molecule has 12 heavy (non-hydrogen) atoms. The van der Waals surface area contributed by atoms with E-state index in [2.05, 4.69) is 13.0 Å². The first kappa shape index (κ1) is 7.59. The van der Waals surface area contributed by atoms with Gasteiger partial charge in [-0.3, -0.25) is 4.79 Å². The molecular weight excluding hydrogens is 150 g/mol. The van der Waals surface area contributed by atoms with Crippen molar-refractivity contribution >= 4 is 5.91 Å². The minimum Gasteiger partial charge on any atom is -0.337 e. The summed E-state index contributed by atoms with van der Waals surface area (Å²) in [4.78, 5) is 13.4. The van der Waals surface area contributed by atoms with E-state index in [1.54, 1.807) is 4.90 Å². The molecule has 1 aliphatic carbocycles. The fraction of sp³-hybridized carbons (Fsp3) is 0.500. The number of allylic oxidation sites excluding steroid dienone is 2. The van der Waals surface area contributed by atoms with Gasteiger partial charge in [0.2, 0.25) is 0 Å². The fourth-order valence-corrected chi connectivity index (χ4v) is 1.95. The fourth-order valence-electron chi connectivity index (χ4n) is 1.95. The molecule has 1 amide bonds. The van der Waals surface area contributed by atoms with Crippen LogP contribution >= 0.6 is 0 Å². The van der Waals surface area contributed by atoms with Crippen molar-refractivity contribution in [3.05, 3.63) is 22.8 Å². The maximum absolute atomic E-state index is 11.6. The van der Waals surface area contributed by atoms with Crippen LogP contribution in [0, 0.1) is 0 Å². The van der Waals surface area contributed by atoms with Crippen molar-refractivity contribution in [3.63, 3.8) is 0 Å². The molecule has 0 unspecified atom stereocenters. The molecule has 0 spiro atoms. The smallest absolute Gasteiger partial charge is 0.254 e. The Labute approximate surface area is 72.6 Å². The zero-order valence-corrected chi connectivity index (χ0v) is 7.55. The molecule has 0 bridgehead atoms. The highest BCUT2D eigenvalue weighted by atomic mass is 16.2. The lowest BCUT2D eigenvalue weighted by molar-refractivity contribution is -0.123. The van der Waals surface area contributed by atoms with Crippen LogP contribution in [0.2, 0.25) is 0 Å². The molecule has 0 aromatic heterocycles. The predicted molar refractivity (Wildman–Crippen MR) is 47.7 cm³/mol. The monoisotopic (exact) mass is 163 g/mol. The Kier molecular flexibility index (Phi) is 1.56. The Bertz CT molecular complexity index is 299. The molecule has 2 nitrogen and oxygen atoms in total. The maximum Gasteiger partial charge on any atom is 0.254 e. The van der Waals surface area contributed by atoms with Crippen LogP contribution in [-0.4, -0.2) is 24.4 Å². The van der Waals surface area contributed by atoms with Crippen molar-refractivity contribution in [1.82, 2.24) is 4.90 Å². The summed E-state index contributed by atoms with van der Waals surface area (Å²) in [6.07, 6.45) is 4.36. The van der Waals surface area contributed by atoms with Gasteiger partial charge in [0.1, 0.15) is 0 Å². The molecule has 2 heteroatoms. The Balaban J connectivity index is 2.48.